The van der Waals surface area contributed by atoms with Crippen LogP contribution in [0.25, 0.3) is 6.08 Å². The van der Waals surface area contributed by atoms with Crippen LogP contribution in [0.15, 0.2) is 28.5 Å². The lowest BCUT2D eigenvalue weighted by molar-refractivity contribution is 0.414. The van der Waals surface area contributed by atoms with Crippen LogP contribution in [0.3, 0.4) is 0 Å². The zero-order valence-corrected chi connectivity index (χ0v) is 10.7. The predicted molar refractivity (Wildman–Crippen MR) is 68.6 cm³/mol. The molecule has 0 saturated heterocycles. The fourth-order valence-electron chi connectivity index (χ4n) is 1.13. The molecule has 1 rings (SSSR count). The summed E-state index contributed by atoms with van der Waals surface area (Å²) in [4.78, 5) is 0. The molecule has 0 heterocycles. The summed E-state index contributed by atoms with van der Waals surface area (Å²) in [6, 6.07) is 7.69. The maximum Gasteiger partial charge on any atom is 0.186 e. The van der Waals surface area contributed by atoms with Crippen molar-refractivity contribution in [3.8, 4) is 5.75 Å². The molecular formula is C11H14O2S2. The summed E-state index contributed by atoms with van der Waals surface area (Å²) in [5, 5.41) is 0. The van der Waals surface area contributed by atoms with Crippen LogP contribution in [0.1, 0.15) is 5.56 Å². The van der Waals surface area contributed by atoms with E-state index in [9.17, 15) is 4.55 Å². The van der Waals surface area contributed by atoms with Gasteiger partial charge in [0.05, 0.1) is 7.11 Å². The Morgan fingerprint density at radius 2 is 2.27 bits per heavy atom. The zero-order valence-electron chi connectivity index (χ0n) is 9.02. The molecule has 1 aromatic rings. The molecule has 0 bridgehead atoms. The minimum Gasteiger partial charge on any atom is -0.611 e. The van der Waals surface area contributed by atoms with E-state index in [2.05, 4.69) is 0 Å². The molecule has 0 aliphatic heterocycles. The molecule has 0 aliphatic carbocycles. The van der Waals surface area contributed by atoms with Crippen molar-refractivity contribution in [2.45, 2.75) is 0 Å². The van der Waals surface area contributed by atoms with Crippen LogP contribution in [0.5, 0.6) is 5.75 Å². The van der Waals surface area contributed by atoms with Crippen LogP contribution in [-0.4, -0.2) is 24.2 Å². The Morgan fingerprint density at radius 1 is 1.53 bits per heavy atom. The summed E-state index contributed by atoms with van der Waals surface area (Å²) in [7, 11) is 1.64. The van der Waals surface area contributed by atoms with Crippen molar-refractivity contribution in [3.05, 3.63) is 34.1 Å². The number of methoxy groups -OCH3 is 1. The minimum absolute atomic E-state index is 0.811. The number of hydrogen-bond donors (Lipinski definition) is 0. The van der Waals surface area contributed by atoms with E-state index in [1.54, 1.807) is 13.4 Å². The molecule has 0 fully saturated rings. The minimum atomic E-state index is -0.929. The second kappa shape index (κ2) is 6.10. The Balaban J connectivity index is 2.95. The summed E-state index contributed by atoms with van der Waals surface area (Å²) in [5.41, 5.74) is 1.01. The van der Waals surface area contributed by atoms with Gasteiger partial charge in [-0.2, -0.15) is 0 Å². The first-order valence-electron chi connectivity index (χ1n) is 4.40. The molecule has 2 nitrogen and oxygen atoms in total. The second-order valence-electron chi connectivity index (χ2n) is 2.90. The molecule has 0 amide bonds. The molecule has 4 heteroatoms. The standard InChI is InChI=1S/C11H14O2S2/c1-13-10-6-4-5-9(7-10)8-11(14-2)15(3)12/h4-8H,1-3H3/b11-8-. The van der Waals surface area contributed by atoms with E-state index in [1.165, 1.54) is 11.8 Å². The molecule has 1 atom stereocenters. The van der Waals surface area contributed by atoms with Gasteiger partial charge in [-0.3, -0.25) is 0 Å². The summed E-state index contributed by atoms with van der Waals surface area (Å²) in [5.74, 6) is 0.811. The molecule has 0 aromatic heterocycles. The van der Waals surface area contributed by atoms with Crippen LogP contribution >= 0.6 is 11.8 Å². The molecule has 0 aliphatic rings. The quantitative estimate of drug-likeness (QED) is 0.761. The highest BCUT2D eigenvalue weighted by atomic mass is 32.3. The lowest BCUT2D eigenvalue weighted by Gasteiger charge is -2.06. The van der Waals surface area contributed by atoms with Crippen LogP contribution in [0.2, 0.25) is 0 Å². The SMILES string of the molecule is COc1cccc(/C=C(/SC)[S+](C)[O-])c1. The van der Waals surface area contributed by atoms with Crippen LogP contribution < -0.4 is 4.74 Å². The third kappa shape index (κ3) is 3.81. The average molecular weight is 242 g/mol. The molecule has 15 heavy (non-hydrogen) atoms. The Morgan fingerprint density at radius 3 is 2.80 bits per heavy atom. The van der Waals surface area contributed by atoms with Gasteiger partial charge in [-0.25, -0.2) is 0 Å². The Hall–Kier alpha value is -0.580. The zero-order chi connectivity index (χ0) is 11.3. The van der Waals surface area contributed by atoms with Gasteiger partial charge in [0.1, 0.15) is 12.0 Å². The van der Waals surface area contributed by atoms with Gasteiger partial charge in [0.2, 0.25) is 0 Å². The Labute approximate surface area is 97.9 Å². The molecular weight excluding hydrogens is 228 g/mol. The average Bonchev–Trinajstić information content (AvgIpc) is 2.25. The Kier molecular flexibility index (Phi) is 5.08. The first-order valence-corrected chi connectivity index (χ1v) is 7.19. The number of hydrogen-bond acceptors (Lipinski definition) is 3. The van der Waals surface area contributed by atoms with Crippen molar-refractivity contribution in [1.82, 2.24) is 0 Å². The topological polar surface area (TPSA) is 32.3 Å². The number of benzene rings is 1. The van der Waals surface area contributed by atoms with Gasteiger partial charge >= 0.3 is 0 Å². The summed E-state index contributed by atoms with van der Waals surface area (Å²) in [6.07, 6.45) is 5.53. The first-order chi connectivity index (χ1) is 7.17. The molecule has 0 radical (unpaired) electrons. The van der Waals surface area contributed by atoms with Crippen molar-refractivity contribution < 1.29 is 9.29 Å². The maximum absolute atomic E-state index is 11.3. The highest BCUT2D eigenvalue weighted by Crippen LogP contribution is 2.23. The fourth-order valence-corrected chi connectivity index (χ4v) is 2.62. The van der Waals surface area contributed by atoms with E-state index >= 15 is 0 Å². The molecule has 0 saturated carbocycles. The lowest BCUT2D eigenvalue weighted by Crippen LogP contribution is -1.96. The van der Waals surface area contributed by atoms with Crippen molar-refractivity contribution in [2.24, 2.45) is 0 Å². The van der Waals surface area contributed by atoms with Crippen molar-refractivity contribution in [3.63, 3.8) is 0 Å². The molecule has 1 aromatic carbocycles. The normalized spacial score (nSPS) is 13.7. The molecule has 0 N–H and O–H groups in total. The van der Waals surface area contributed by atoms with E-state index in [-0.39, 0.29) is 0 Å². The number of rotatable bonds is 4. The third-order valence-corrected chi connectivity index (χ3v) is 4.27. The second-order valence-corrected chi connectivity index (χ2v) is 5.35. The summed E-state index contributed by atoms with van der Waals surface area (Å²) < 4.78 is 17.3. The number of ether oxygens (including phenoxy) is 1. The van der Waals surface area contributed by atoms with Gasteiger partial charge in [-0.15, -0.1) is 0 Å². The fraction of sp³-hybridized carbons (Fsp3) is 0.273. The van der Waals surface area contributed by atoms with Gasteiger partial charge in [-0.1, -0.05) is 23.9 Å². The van der Waals surface area contributed by atoms with Gasteiger partial charge in [0.15, 0.2) is 4.24 Å². The van der Waals surface area contributed by atoms with E-state index in [0.29, 0.717) is 0 Å². The van der Waals surface area contributed by atoms with Gasteiger partial charge in [0, 0.05) is 6.08 Å². The van der Waals surface area contributed by atoms with Gasteiger partial charge in [-0.05, 0) is 35.1 Å². The number of thioether (sulfide) groups is 1. The largest absolute Gasteiger partial charge is 0.611 e. The highest BCUT2D eigenvalue weighted by molar-refractivity contribution is 8.18. The van der Waals surface area contributed by atoms with E-state index in [1.807, 2.05) is 36.6 Å². The highest BCUT2D eigenvalue weighted by Gasteiger charge is 2.06. The predicted octanol–water partition coefficient (Wildman–Crippen LogP) is 2.74. The lowest BCUT2D eigenvalue weighted by atomic mass is 10.2. The maximum atomic E-state index is 11.3. The smallest absolute Gasteiger partial charge is 0.186 e. The van der Waals surface area contributed by atoms with Crippen molar-refractivity contribution in [2.75, 3.05) is 19.6 Å². The third-order valence-electron chi connectivity index (χ3n) is 1.86. The van der Waals surface area contributed by atoms with Crippen LogP contribution in [0, 0.1) is 0 Å². The van der Waals surface area contributed by atoms with E-state index in [4.69, 9.17) is 4.74 Å². The summed E-state index contributed by atoms with van der Waals surface area (Å²) in [6.45, 7) is 0. The van der Waals surface area contributed by atoms with Gasteiger partial charge in [0.25, 0.3) is 0 Å². The van der Waals surface area contributed by atoms with Crippen molar-refractivity contribution >= 4 is 29.0 Å². The first kappa shape index (κ1) is 12.5. The van der Waals surface area contributed by atoms with Crippen molar-refractivity contribution in [1.29, 1.82) is 0 Å². The Bertz CT molecular complexity index is 348. The molecule has 82 valence electrons. The van der Waals surface area contributed by atoms with Gasteiger partial charge < -0.3 is 9.29 Å². The van der Waals surface area contributed by atoms with Crippen LogP contribution in [0.4, 0.5) is 0 Å². The molecule has 0 spiro atoms. The molecule has 1 unspecified atom stereocenters. The monoisotopic (exact) mass is 242 g/mol. The van der Waals surface area contributed by atoms with E-state index < -0.39 is 11.2 Å². The summed E-state index contributed by atoms with van der Waals surface area (Å²) >= 11 is 0.577. The van der Waals surface area contributed by atoms with E-state index in [0.717, 1.165) is 15.6 Å². The van der Waals surface area contributed by atoms with Crippen LogP contribution in [-0.2, 0) is 11.2 Å².